The summed E-state index contributed by atoms with van der Waals surface area (Å²) in [5.41, 5.74) is 1.85. The van der Waals surface area contributed by atoms with Crippen LogP contribution in [0.4, 0.5) is 23.7 Å². The summed E-state index contributed by atoms with van der Waals surface area (Å²) >= 11 is 0. The number of rotatable bonds is 4. The van der Waals surface area contributed by atoms with Crippen LogP contribution in [0.15, 0.2) is 60.6 Å². The van der Waals surface area contributed by atoms with E-state index in [-0.39, 0.29) is 23.7 Å². The molecule has 2 amide bonds. The summed E-state index contributed by atoms with van der Waals surface area (Å²) < 4.78 is 43.6. The molecule has 3 aromatic rings. The van der Waals surface area contributed by atoms with Crippen LogP contribution in [0, 0.1) is 17.2 Å². The molecular formula is C25H21F3N6O2. The number of alkyl halides is 3. The summed E-state index contributed by atoms with van der Waals surface area (Å²) in [6.07, 6.45) is 0.978. The third kappa shape index (κ3) is 6.15. The van der Waals surface area contributed by atoms with Crippen molar-refractivity contribution in [1.82, 2.24) is 19.9 Å². The predicted molar refractivity (Wildman–Crippen MR) is 125 cm³/mol. The Balaban J connectivity index is 1.37. The van der Waals surface area contributed by atoms with Crippen LogP contribution in [-0.2, 0) is 6.18 Å². The molecule has 184 valence electrons. The van der Waals surface area contributed by atoms with Gasteiger partial charge in [-0.1, -0.05) is 30.7 Å². The Morgan fingerprint density at radius 3 is 2.61 bits per heavy atom. The summed E-state index contributed by atoms with van der Waals surface area (Å²) in [6.45, 7) is 3.09. The number of anilines is 1. The van der Waals surface area contributed by atoms with E-state index in [9.17, 15) is 18.0 Å². The van der Waals surface area contributed by atoms with Crippen molar-refractivity contribution in [2.45, 2.75) is 19.5 Å². The molecule has 36 heavy (non-hydrogen) atoms. The van der Waals surface area contributed by atoms with Gasteiger partial charge in [0.1, 0.15) is 17.5 Å². The van der Waals surface area contributed by atoms with E-state index in [1.165, 1.54) is 12.3 Å². The summed E-state index contributed by atoms with van der Waals surface area (Å²) in [6, 6.07) is 11.7. The molecule has 1 aliphatic heterocycles. The van der Waals surface area contributed by atoms with E-state index in [4.69, 9.17) is 10.00 Å². The monoisotopic (exact) mass is 494 g/mol. The molecule has 1 N–H and O–H groups in total. The predicted octanol–water partition coefficient (Wildman–Crippen LogP) is 5.51. The number of amides is 2. The van der Waals surface area contributed by atoms with Gasteiger partial charge in [0.05, 0.1) is 17.4 Å². The number of benzene rings is 1. The fourth-order valence-corrected chi connectivity index (χ4v) is 3.69. The van der Waals surface area contributed by atoms with Crippen LogP contribution in [0.3, 0.4) is 0 Å². The zero-order valence-electron chi connectivity index (χ0n) is 19.2. The first-order valence-corrected chi connectivity index (χ1v) is 11.0. The maximum Gasteiger partial charge on any atom is 0.419 e. The fraction of sp³-hybridized carbons (Fsp3) is 0.240. The number of hydrogen-bond acceptors (Lipinski definition) is 6. The molecule has 2 aromatic heterocycles. The van der Waals surface area contributed by atoms with Gasteiger partial charge in [0, 0.05) is 25.5 Å². The molecule has 8 nitrogen and oxygen atoms in total. The summed E-state index contributed by atoms with van der Waals surface area (Å²) in [7, 11) is 0. The lowest BCUT2D eigenvalue weighted by molar-refractivity contribution is -0.138. The number of ether oxygens (including phenoxy) is 1. The van der Waals surface area contributed by atoms with Gasteiger partial charge in [0.25, 0.3) is 0 Å². The zero-order chi connectivity index (χ0) is 25.7. The van der Waals surface area contributed by atoms with Gasteiger partial charge in [-0.05, 0) is 42.2 Å². The summed E-state index contributed by atoms with van der Waals surface area (Å²) in [5.74, 6) is 0.496. The maximum atomic E-state index is 12.7. The molecular weight excluding hydrogens is 473 g/mol. The van der Waals surface area contributed by atoms with Gasteiger partial charge in [-0.25, -0.2) is 19.7 Å². The number of nitrogens with one attached hydrogen (secondary N) is 1. The van der Waals surface area contributed by atoms with Gasteiger partial charge in [-0.2, -0.15) is 18.4 Å². The third-order valence-electron chi connectivity index (χ3n) is 5.59. The number of hydrogen-bond donors (Lipinski definition) is 1. The highest BCUT2D eigenvalue weighted by molar-refractivity contribution is 5.89. The van der Waals surface area contributed by atoms with Gasteiger partial charge < -0.3 is 15.0 Å². The Labute approximate surface area is 205 Å². The highest BCUT2D eigenvalue weighted by atomic mass is 19.4. The van der Waals surface area contributed by atoms with Crippen LogP contribution in [0.5, 0.6) is 11.8 Å². The SMILES string of the molecule is CC1CN(C(=O)Nc2ccc(C#N)nc2)CCC1=Cc1cccc(Oc2ncc(C(F)(F)F)cn2)c1. The summed E-state index contributed by atoms with van der Waals surface area (Å²) in [4.78, 5) is 25.6. The van der Waals surface area contributed by atoms with E-state index in [1.54, 1.807) is 29.2 Å². The van der Waals surface area contributed by atoms with Gasteiger partial charge in [-0.15, -0.1) is 0 Å². The second-order valence-electron chi connectivity index (χ2n) is 8.22. The number of carbonyl (C=O) groups excluding carboxylic acids is 1. The molecule has 0 aliphatic carbocycles. The first kappa shape index (κ1) is 24.7. The van der Waals surface area contributed by atoms with Crippen molar-refractivity contribution < 1.29 is 22.7 Å². The number of nitrogens with zero attached hydrogens (tertiary/aromatic N) is 5. The van der Waals surface area contributed by atoms with Crippen LogP contribution < -0.4 is 10.1 Å². The van der Waals surface area contributed by atoms with Crippen LogP contribution >= 0.6 is 0 Å². The van der Waals surface area contributed by atoms with E-state index in [2.05, 4.69) is 20.3 Å². The highest BCUT2D eigenvalue weighted by Crippen LogP contribution is 2.30. The molecule has 4 rings (SSSR count). The number of piperidine rings is 1. The van der Waals surface area contributed by atoms with Gasteiger partial charge in [0.2, 0.25) is 0 Å². The Kier molecular flexibility index (Phi) is 7.15. The number of pyridine rings is 1. The molecule has 0 bridgehead atoms. The third-order valence-corrected chi connectivity index (χ3v) is 5.59. The Hall–Kier alpha value is -4.46. The number of halogens is 3. The number of nitriles is 1. The number of urea groups is 1. The molecule has 1 aliphatic rings. The van der Waals surface area contributed by atoms with Crippen molar-refractivity contribution in [1.29, 1.82) is 5.26 Å². The molecule has 1 aromatic carbocycles. The minimum Gasteiger partial charge on any atom is -0.424 e. The van der Waals surface area contributed by atoms with Crippen LogP contribution in [-0.4, -0.2) is 39.0 Å². The highest BCUT2D eigenvalue weighted by Gasteiger charge is 2.31. The van der Waals surface area contributed by atoms with Crippen molar-refractivity contribution in [3.05, 3.63) is 77.4 Å². The molecule has 1 saturated heterocycles. The van der Waals surface area contributed by atoms with Gasteiger partial charge in [0.15, 0.2) is 0 Å². The standard InChI is InChI=1S/C25H21F3N6O2/c1-16-15-34(24(35)33-21-6-5-20(11-29)30-14-21)8-7-18(16)9-17-3-2-4-22(10-17)36-23-31-12-19(13-32-23)25(26,27)28/h2-6,9-10,12-14,16H,7-8,15H2,1H3,(H,33,35). The zero-order valence-corrected chi connectivity index (χ0v) is 19.2. The van der Waals surface area contributed by atoms with E-state index in [0.717, 1.165) is 11.1 Å². The average Bonchev–Trinajstić information content (AvgIpc) is 2.86. The molecule has 0 radical (unpaired) electrons. The number of carbonyl (C=O) groups is 1. The molecule has 11 heteroatoms. The van der Waals surface area contributed by atoms with Crippen molar-refractivity contribution in [3.63, 3.8) is 0 Å². The lowest BCUT2D eigenvalue weighted by atomic mass is 9.91. The molecule has 1 fully saturated rings. The van der Waals surface area contributed by atoms with E-state index in [0.29, 0.717) is 43.3 Å². The number of likely N-dealkylation sites (tertiary alicyclic amines) is 1. The topological polar surface area (TPSA) is 104 Å². The minimum absolute atomic E-state index is 0.103. The lowest BCUT2D eigenvalue weighted by Crippen LogP contribution is -2.42. The van der Waals surface area contributed by atoms with Crippen LogP contribution in [0.1, 0.15) is 30.2 Å². The second-order valence-corrected chi connectivity index (χ2v) is 8.22. The van der Waals surface area contributed by atoms with E-state index in [1.807, 2.05) is 25.1 Å². The maximum absolute atomic E-state index is 12.7. The van der Waals surface area contributed by atoms with E-state index >= 15 is 0 Å². The quantitative estimate of drug-likeness (QED) is 0.513. The Bertz CT molecular complexity index is 1300. The van der Waals surface area contributed by atoms with Gasteiger partial charge in [-0.3, -0.25) is 0 Å². The molecule has 3 heterocycles. The van der Waals surface area contributed by atoms with Gasteiger partial charge >= 0.3 is 18.2 Å². The fourth-order valence-electron chi connectivity index (χ4n) is 3.69. The largest absolute Gasteiger partial charge is 0.424 e. The number of aromatic nitrogens is 3. The van der Waals surface area contributed by atoms with Crippen molar-refractivity contribution >= 4 is 17.8 Å². The Morgan fingerprint density at radius 2 is 1.97 bits per heavy atom. The second kappa shape index (κ2) is 10.4. The van der Waals surface area contributed by atoms with Crippen molar-refractivity contribution in [2.75, 3.05) is 18.4 Å². The van der Waals surface area contributed by atoms with Crippen LogP contribution in [0.2, 0.25) is 0 Å². The first-order valence-electron chi connectivity index (χ1n) is 11.0. The van der Waals surface area contributed by atoms with E-state index < -0.39 is 11.7 Å². The Morgan fingerprint density at radius 1 is 1.19 bits per heavy atom. The molecule has 1 atom stereocenters. The summed E-state index contributed by atoms with van der Waals surface area (Å²) in [5, 5.41) is 11.6. The molecule has 0 saturated carbocycles. The first-order chi connectivity index (χ1) is 17.2. The normalized spacial score (nSPS) is 16.9. The molecule has 1 unspecified atom stereocenters. The average molecular weight is 494 g/mol. The van der Waals surface area contributed by atoms with Crippen molar-refractivity contribution in [3.8, 4) is 17.8 Å². The van der Waals surface area contributed by atoms with Crippen LogP contribution in [0.25, 0.3) is 6.08 Å². The molecule has 0 spiro atoms. The lowest BCUT2D eigenvalue weighted by Gasteiger charge is -2.33. The smallest absolute Gasteiger partial charge is 0.419 e. The van der Waals surface area contributed by atoms with Crippen molar-refractivity contribution in [2.24, 2.45) is 5.92 Å². The minimum atomic E-state index is -4.52.